The first-order valence-corrected chi connectivity index (χ1v) is 6.76. The highest BCUT2D eigenvalue weighted by Gasteiger charge is 2.13. The molecular weight excluding hydrogens is 270 g/mol. The van der Waals surface area contributed by atoms with Crippen LogP contribution in [0.2, 0.25) is 0 Å². The third-order valence-electron chi connectivity index (χ3n) is 3.11. The molecule has 2 rings (SSSR count). The highest BCUT2D eigenvalue weighted by atomic mass is 32.1. The van der Waals surface area contributed by atoms with Crippen LogP contribution in [0.4, 0.5) is 11.5 Å². The lowest BCUT2D eigenvalue weighted by atomic mass is 10.1. The molecule has 20 heavy (non-hydrogen) atoms. The standard InChI is InChI=1S/C15H17N3OS/c1-3-18(13-9-12(19)5-4-10(13)2)14-8-11(15(16)20)6-7-17-14/h4-9,19H,3H2,1-2H3,(H2,16,20). The van der Waals surface area contributed by atoms with Crippen LogP contribution in [0, 0.1) is 6.92 Å². The summed E-state index contributed by atoms with van der Waals surface area (Å²) in [4.78, 5) is 6.72. The number of nitrogens with zero attached hydrogens (tertiary/aromatic N) is 2. The van der Waals surface area contributed by atoms with Gasteiger partial charge in [0, 0.05) is 30.1 Å². The fourth-order valence-electron chi connectivity index (χ4n) is 2.06. The van der Waals surface area contributed by atoms with Crippen molar-refractivity contribution in [2.45, 2.75) is 13.8 Å². The summed E-state index contributed by atoms with van der Waals surface area (Å²) in [6.45, 7) is 4.74. The van der Waals surface area contributed by atoms with Crippen LogP contribution in [-0.4, -0.2) is 21.6 Å². The Kier molecular flexibility index (Phi) is 4.20. The van der Waals surface area contributed by atoms with Crippen LogP contribution in [-0.2, 0) is 0 Å². The number of phenolic OH excluding ortho intramolecular Hbond substituents is 1. The van der Waals surface area contributed by atoms with E-state index in [1.165, 1.54) is 0 Å². The maximum Gasteiger partial charge on any atom is 0.133 e. The van der Waals surface area contributed by atoms with E-state index in [-0.39, 0.29) is 5.75 Å². The Bertz CT molecular complexity index is 643. The number of benzene rings is 1. The van der Waals surface area contributed by atoms with Gasteiger partial charge in [-0.15, -0.1) is 0 Å². The normalized spacial score (nSPS) is 10.3. The zero-order valence-corrected chi connectivity index (χ0v) is 12.3. The summed E-state index contributed by atoms with van der Waals surface area (Å²) < 4.78 is 0. The van der Waals surface area contributed by atoms with Gasteiger partial charge in [0.1, 0.15) is 16.6 Å². The molecule has 0 aliphatic heterocycles. The molecule has 0 saturated carbocycles. The quantitative estimate of drug-likeness (QED) is 0.847. The van der Waals surface area contributed by atoms with E-state index in [1.807, 2.05) is 30.9 Å². The minimum Gasteiger partial charge on any atom is -0.508 e. The number of anilines is 2. The molecule has 0 aliphatic rings. The molecule has 0 bridgehead atoms. The van der Waals surface area contributed by atoms with E-state index in [1.54, 1.807) is 24.4 Å². The first-order valence-electron chi connectivity index (χ1n) is 6.36. The van der Waals surface area contributed by atoms with Crippen molar-refractivity contribution in [1.29, 1.82) is 0 Å². The van der Waals surface area contributed by atoms with Gasteiger partial charge < -0.3 is 15.7 Å². The van der Waals surface area contributed by atoms with E-state index >= 15 is 0 Å². The maximum absolute atomic E-state index is 9.68. The van der Waals surface area contributed by atoms with Crippen LogP contribution in [0.1, 0.15) is 18.1 Å². The fraction of sp³-hybridized carbons (Fsp3) is 0.200. The average molecular weight is 287 g/mol. The number of hydrogen-bond donors (Lipinski definition) is 2. The molecule has 1 heterocycles. The Morgan fingerprint density at radius 2 is 2.10 bits per heavy atom. The van der Waals surface area contributed by atoms with E-state index in [2.05, 4.69) is 4.98 Å². The van der Waals surface area contributed by atoms with Crippen LogP contribution >= 0.6 is 12.2 Å². The lowest BCUT2D eigenvalue weighted by Crippen LogP contribution is -2.19. The van der Waals surface area contributed by atoms with Gasteiger partial charge in [0.2, 0.25) is 0 Å². The first kappa shape index (κ1) is 14.3. The molecule has 1 aromatic carbocycles. The van der Waals surface area contributed by atoms with E-state index < -0.39 is 0 Å². The predicted octanol–water partition coefficient (Wildman–Crippen LogP) is 2.89. The number of thiocarbonyl (C=S) groups is 1. The number of nitrogens with two attached hydrogens (primary N) is 1. The van der Waals surface area contributed by atoms with Gasteiger partial charge in [0.05, 0.1) is 0 Å². The molecule has 104 valence electrons. The van der Waals surface area contributed by atoms with Gasteiger partial charge in [-0.3, -0.25) is 0 Å². The van der Waals surface area contributed by atoms with E-state index in [4.69, 9.17) is 18.0 Å². The van der Waals surface area contributed by atoms with E-state index in [0.29, 0.717) is 4.99 Å². The van der Waals surface area contributed by atoms with Crippen molar-refractivity contribution in [3.05, 3.63) is 47.7 Å². The van der Waals surface area contributed by atoms with E-state index in [0.717, 1.165) is 29.2 Å². The summed E-state index contributed by atoms with van der Waals surface area (Å²) in [5.74, 6) is 0.987. The van der Waals surface area contributed by atoms with Gasteiger partial charge in [0.15, 0.2) is 0 Å². The van der Waals surface area contributed by atoms with Crippen molar-refractivity contribution < 1.29 is 5.11 Å². The van der Waals surface area contributed by atoms with Gasteiger partial charge in [-0.25, -0.2) is 4.98 Å². The van der Waals surface area contributed by atoms with Crippen molar-refractivity contribution in [2.24, 2.45) is 5.73 Å². The molecule has 5 heteroatoms. The zero-order valence-electron chi connectivity index (χ0n) is 11.5. The Morgan fingerprint density at radius 1 is 1.35 bits per heavy atom. The highest BCUT2D eigenvalue weighted by Crippen LogP contribution is 2.30. The highest BCUT2D eigenvalue weighted by molar-refractivity contribution is 7.80. The lowest BCUT2D eigenvalue weighted by molar-refractivity contribution is 0.475. The smallest absolute Gasteiger partial charge is 0.133 e. The number of rotatable bonds is 4. The van der Waals surface area contributed by atoms with E-state index in [9.17, 15) is 5.11 Å². The molecule has 0 aliphatic carbocycles. The van der Waals surface area contributed by atoms with Gasteiger partial charge in [0.25, 0.3) is 0 Å². The van der Waals surface area contributed by atoms with Crippen LogP contribution in [0.5, 0.6) is 5.75 Å². The summed E-state index contributed by atoms with van der Waals surface area (Å²) in [7, 11) is 0. The number of aromatic hydroxyl groups is 1. The van der Waals surface area contributed by atoms with Gasteiger partial charge in [-0.1, -0.05) is 18.3 Å². The average Bonchev–Trinajstić information content (AvgIpc) is 2.44. The Hall–Kier alpha value is -2.14. The van der Waals surface area contributed by atoms with Gasteiger partial charge >= 0.3 is 0 Å². The van der Waals surface area contributed by atoms with Crippen LogP contribution in [0.3, 0.4) is 0 Å². The first-order chi connectivity index (χ1) is 9.52. The Balaban J connectivity index is 2.49. The molecule has 1 aromatic heterocycles. The fourth-order valence-corrected chi connectivity index (χ4v) is 2.19. The molecule has 0 unspecified atom stereocenters. The summed E-state index contributed by atoms with van der Waals surface area (Å²) >= 11 is 5.00. The summed E-state index contributed by atoms with van der Waals surface area (Å²) in [6.07, 6.45) is 1.69. The second-order valence-electron chi connectivity index (χ2n) is 4.48. The molecule has 0 saturated heterocycles. The molecule has 0 amide bonds. The van der Waals surface area contributed by atoms with Gasteiger partial charge in [-0.05, 0) is 37.6 Å². The second-order valence-corrected chi connectivity index (χ2v) is 4.92. The molecule has 3 N–H and O–H groups in total. The number of aromatic nitrogens is 1. The monoisotopic (exact) mass is 287 g/mol. The van der Waals surface area contributed by atoms with Crippen molar-refractivity contribution in [2.75, 3.05) is 11.4 Å². The minimum atomic E-state index is 0.231. The molecule has 4 nitrogen and oxygen atoms in total. The van der Waals surface area contributed by atoms with Gasteiger partial charge in [-0.2, -0.15) is 0 Å². The maximum atomic E-state index is 9.68. The summed E-state index contributed by atoms with van der Waals surface area (Å²) in [6, 6.07) is 8.93. The number of hydrogen-bond acceptors (Lipinski definition) is 4. The third-order valence-corrected chi connectivity index (χ3v) is 3.34. The molecule has 0 radical (unpaired) electrons. The number of aryl methyl sites for hydroxylation is 1. The SMILES string of the molecule is CCN(c1cc(C(N)=S)ccn1)c1cc(O)ccc1C. The Labute approximate surface area is 123 Å². The molecule has 2 aromatic rings. The summed E-state index contributed by atoms with van der Waals surface area (Å²) in [5, 5.41) is 9.68. The number of phenols is 1. The molecule has 0 fully saturated rings. The second kappa shape index (κ2) is 5.88. The molecule has 0 atom stereocenters. The molecule has 0 spiro atoms. The zero-order chi connectivity index (χ0) is 14.7. The van der Waals surface area contributed by atoms with Crippen LogP contribution in [0.25, 0.3) is 0 Å². The molecular formula is C15H17N3OS. The number of pyridine rings is 1. The predicted molar refractivity (Wildman–Crippen MR) is 85.6 cm³/mol. The topological polar surface area (TPSA) is 62.4 Å². The van der Waals surface area contributed by atoms with Crippen molar-refractivity contribution in [3.8, 4) is 5.75 Å². The largest absolute Gasteiger partial charge is 0.508 e. The van der Waals surface area contributed by atoms with Crippen molar-refractivity contribution >= 4 is 28.7 Å². The minimum absolute atomic E-state index is 0.231. The third kappa shape index (κ3) is 2.88. The van der Waals surface area contributed by atoms with Crippen molar-refractivity contribution in [1.82, 2.24) is 4.98 Å². The van der Waals surface area contributed by atoms with Crippen LogP contribution in [0.15, 0.2) is 36.5 Å². The van der Waals surface area contributed by atoms with Crippen LogP contribution < -0.4 is 10.6 Å². The lowest BCUT2D eigenvalue weighted by Gasteiger charge is -2.24. The summed E-state index contributed by atoms with van der Waals surface area (Å²) in [5.41, 5.74) is 8.42. The van der Waals surface area contributed by atoms with Crippen molar-refractivity contribution in [3.63, 3.8) is 0 Å². The Morgan fingerprint density at radius 3 is 2.75 bits per heavy atom.